The molecule has 4 heteroatoms. The quantitative estimate of drug-likeness (QED) is 0.480. The number of nitrogens with two attached hydrogens (primary N) is 2. The summed E-state index contributed by atoms with van der Waals surface area (Å²) in [7, 11) is 0. The van der Waals surface area contributed by atoms with E-state index < -0.39 is 6.17 Å². The maximum absolute atomic E-state index is 12.8. The molecular formula is C8H20FN3. The van der Waals surface area contributed by atoms with Crippen molar-refractivity contribution in [2.75, 3.05) is 19.6 Å². The van der Waals surface area contributed by atoms with Gasteiger partial charge >= 0.3 is 0 Å². The molecule has 0 rings (SSSR count). The molecule has 5 N–H and O–H groups in total. The first-order valence-corrected chi connectivity index (χ1v) is 4.47. The first-order valence-electron chi connectivity index (χ1n) is 4.47. The van der Waals surface area contributed by atoms with E-state index in [9.17, 15) is 4.39 Å². The van der Waals surface area contributed by atoms with Gasteiger partial charge in [-0.2, -0.15) is 0 Å². The second-order valence-corrected chi connectivity index (χ2v) is 3.14. The Kier molecular flexibility index (Phi) is 7.34. The fraction of sp³-hybridized carbons (Fsp3) is 1.00. The van der Waals surface area contributed by atoms with Gasteiger partial charge in [0.25, 0.3) is 0 Å². The number of alkyl halides is 1. The highest BCUT2D eigenvalue weighted by atomic mass is 19.1. The second-order valence-electron chi connectivity index (χ2n) is 3.14. The van der Waals surface area contributed by atoms with Gasteiger partial charge < -0.3 is 16.8 Å². The van der Waals surface area contributed by atoms with Crippen molar-refractivity contribution in [3.8, 4) is 0 Å². The molecule has 0 fully saturated rings. The monoisotopic (exact) mass is 177 g/mol. The molecule has 0 saturated heterocycles. The third-order valence-corrected chi connectivity index (χ3v) is 1.62. The standard InChI is InChI=1S/C8H20FN3/c1-7(11)3-5-12-6-8(9)2-4-10/h7-8,12H,2-6,10-11H2,1H3. The van der Waals surface area contributed by atoms with Crippen LogP contribution in [0.25, 0.3) is 0 Å². The number of hydrogen-bond donors (Lipinski definition) is 3. The first-order chi connectivity index (χ1) is 5.66. The highest BCUT2D eigenvalue weighted by Gasteiger charge is 2.03. The topological polar surface area (TPSA) is 64.1 Å². The summed E-state index contributed by atoms with van der Waals surface area (Å²) in [6, 6.07) is 0.185. The van der Waals surface area contributed by atoms with Gasteiger partial charge in [-0.05, 0) is 32.9 Å². The lowest BCUT2D eigenvalue weighted by Crippen LogP contribution is -2.29. The van der Waals surface area contributed by atoms with Gasteiger partial charge in [-0.1, -0.05) is 0 Å². The average molecular weight is 177 g/mol. The SMILES string of the molecule is CC(N)CCNCC(F)CCN. The van der Waals surface area contributed by atoms with Crippen molar-refractivity contribution in [2.45, 2.75) is 32.0 Å². The van der Waals surface area contributed by atoms with Gasteiger partial charge in [-0.25, -0.2) is 4.39 Å². The number of nitrogens with one attached hydrogen (secondary N) is 1. The molecule has 0 heterocycles. The molecule has 0 aromatic heterocycles. The van der Waals surface area contributed by atoms with E-state index in [0.717, 1.165) is 13.0 Å². The van der Waals surface area contributed by atoms with Gasteiger partial charge in [0, 0.05) is 12.6 Å². The van der Waals surface area contributed by atoms with Crippen LogP contribution in [-0.4, -0.2) is 31.8 Å². The van der Waals surface area contributed by atoms with E-state index in [0.29, 0.717) is 19.5 Å². The fourth-order valence-corrected chi connectivity index (χ4v) is 0.871. The second kappa shape index (κ2) is 7.46. The fourth-order valence-electron chi connectivity index (χ4n) is 0.871. The van der Waals surface area contributed by atoms with Crippen LogP contribution in [0.2, 0.25) is 0 Å². The van der Waals surface area contributed by atoms with E-state index >= 15 is 0 Å². The minimum Gasteiger partial charge on any atom is -0.330 e. The average Bonchev–Trinajstić information content (AvgIpc) is 1.98. The van der Waals surface area contributed by atoms with Crippen molar-refractivity contribution in [3.63, 3.8) is 0 Å². The number of rotatable bonds is 7. The van der Waals surface area contributed by atoms with E-state index in [1.807, 2.05) is 6.92 Å². The van der Waals surface area contributed by atoms with Crippen molar-refractivity contribution < 1.29 is 4.39 Å². The van der Waals surface area contributed by atoms with Crippen LogP contribution in [-0.2, 0) is 0 Å². The molecular weight excluding hydrogens is 157 g/mol. The molecule has 0 aliphatic rings. The maximum atomic E-state index is 12.8. The number of hydrogen-bond acceptors (Lipinski definition) is 3. The van der Waals surface area contributed by atoms with E-state index in [1.54, 1.807) is 0 Å². The zero-order valence-electron chi connectivity index (χ0n) is 7.72. The summed E-state index contributed by atoms with van der Waals surface area (Å²) < 4.78 is 12.8. The molecule has 0 radical (unpaired) electrons. The normalized spacial score (nSPS) is 16.0. The van der Waals surface area contributed by atoms with Gasteiger partial charge in [0.1, 0.15) is 6.17 Å². The molecule has 2 atom stereocenters. The van der Waals surface area contributed by atoms with Crippen LogP contribution in [0.3, 0.4) is 0 Å². The Morgan fingerprint density at radius 3 is 2.58 bits per heavy atom. The Morgan fingerprint density at radius 2 is 2.08 bits per heavy atom. The number of halogens is 1. The zero-order valence-corrected chi connectivity index (χ0v) is 7.72. The third-order valence-electron chi connectivity index (χ3n) is 1.62. The van der Waals surface area contributed by atoms with Gasteiger partial charge in [-0.3, -0.25) is 0 Å². The van der Waals surface area contributed by atoms with Crippen LogP contribution in [0.5, 0.6) is 0 Å². The molecule has 74 valence electrons. The Bertz CT molecular complexity index is 98.3. The molecule has 2 unspecified atom stereocenters. The lowest BCUT2D eigenvalue weighted by atomic mass is 10.2. The molecule has 0 amide bonds. The summed E-state index contributed by atoms with van der Waals surface area (Å²) in [5.41, 5.74) is 10.7. The Hall–Kier alpha value is -0.190. The summed E-state index contributed by atoms with van der Waals surface area (Å²) >= 11 is 0. The highest BCUT2D eigenvalue weighted by Crippen LogP contribution is 1.93. The summed E-state index contributed by atoms with van der Waals surface area (Å²) in [6.45, 7) is 3.53. The van der Waals surface area contributed by atoms with Crippen LogP contribution in [0.1, 0.15) is 19.8 Å². The van der Waals surface area contributed by atoms with E-state index in [2.05, 4.69) is 5.32 Å². The van der Waals surface area contributed by atoms with E-state index in [4.69, 9.17) is 11.5 Å². The van der Waals surface area contributed by atoms with Crippen molar-refractivity contribution in [1.82, 2.24) is 5.32 Å². The van der Waals surface area contributed by atoms with Crippen molar-refractivity contribution in [2.24, 2.45) is 11.5 Å². The summed E-state index contributed by atoms with van der Waals surface area (Å²) in [5, 5.41) is 2.99. The maximum Gasteiger partial charge on any atom is 0.114 e. The Labute approximate surface area is 73.7 Å². The minimum atomic E-state index is -0.817. The van der Waals surface area contributed by atoms with Crippen molar-refractivity contribution in [1.29, 1.82) is 0 Å². The molecule has 0 saturated carbocycles. The van der Waals surface area contributed by atoms with Gasteiger partial charge in [0.15, 0.2) is 0 Å². The van der Waals surface area contributed by atoms with E-state index in [-0.39, 0.29) is 6.04 Å². The molecule has 0 spiro atoms. The first kappa shape index (κ1) is 11.8. The van der Waals surface area contributed by atoms with Gasteiger partial charge in [0.2, 0.25) is 0 Å². The van der Waals surface area contributed by atoms with Gasteiger partial charge in [-0.15, -0.1) is 0 Å². The Morgan fingerprint density at radius 1 is 1.42 bits per heavy atom. The van der Waals surface area contributed by atoms with Gasteiger partial charge in [0.05, 0.1) is 0 Å². The summed E-state index contributed by atoms with van der Waals surface area (Å²) in [6.07, 6.45) is 0.503. The molecule has 0 aromatic carbocycles. The summed E-state index contributed by atoms with van der Waals surface area (Å²) in [5.74, 6) is 0. The van der Waals surface area contributed by atoms with Crippen LogP contribution in [0.15, 0.2) is 0 Å². The van der Waals surface area contributed by atoms with Crippen LogP contribution in [0.4, 0.5) is 4.39 Å². The molecule has 3 nitrogen and oxygen atoms in total. The molecule has 0 bridgehead atoms. The lowest BCUT2D eigenvalue weighted by Gasteiger charge is -2.09. The summed E-state index contributed by atoms with van der Waals surface area (Å²) in [4.78, 5) is 0. The molecule has 0 aliphatic heterocycles. The smallest absolute Gasteiger partial charge is 0.114 e. The van der Waals surface area contributed by atoms with Crippen LogP contribution in [0, 0.1) is 0 Å². The zero-order chi connectivity index (χ0) is 9.40. The van der Waals surface area contributed by atoms with Crippen LogP contribution < -0.4 is 16.8 Å². The highest BCUT2D eigenvalue weighted by molar-refractivity contribution is 4.62. The molecule has 12 heavy (non-hydrogen) atoms. The largest absolute Gasteiger partial charge is 0.330 e. The van der Waals surface area contributed by atoms with E-state index in [1.165, 1.54) is 0 Å². The van der Waals surface area contributed by atoms with Crippen LogP contribution >= 0.6 is 0 Å². The van der Waals surface area contributed by atoms with Crippen molar-refractivity contribution >= 4 is 0 Å². The third kappa shape index (κ3) is 7.91. The molecule has 0 aliphatic carbocycles. The predicted molar refractivity (Wildman–Crippen MR) is 49.7 cm³/mol. The Balaban J connectivity index is 3.08. The predicted octanol–water partition coefficient (Wildman–Crippen LogP) is 0.000200. The van der Waals surface area contributed by atoms with Crippen molar-refractivity contribution in [3.05, 3.63) is 0 Å². The minimum absolute atomic E-state index is 0.185. The lowest BCUT2D eigenvalue weighted by molar-refractivity contribution is 0.304. The molecule has 0 aromatic rings.